The van der Waals surface area contributed by atoms with Crippen molar-refractivity contribution in [3.8, 4) is 11.5 Å². The van der Waals surface area contributed by atoms with Crippen LogP contribution in [0.5, 0.6) is 11.5 Å². The van der Waals surface area contributed by atoms with Gasteiger partial charge in [-0.1, -0.05) is 0 Å². The monoisotopic (exact) mass is 366 g/mol. The molecule has 0 saturated carbocycles. The summed E-state index contributed by atoms with van der Waals surface area (Å²) in [5, 5.41) is 0. The van der Waals surface area contributed by atoms with Crippen LogP contribution >= 0.6 is 31.9 Å². The van der Waals surface area contributed by atoms with Crippen LogP contribution in [0.4, 0.5) is 0 Å². The van der Waals surface area contributed by atoms with E-state index < -0.39 is 0 Å². The van der Waals surface area contributed by atoms with Crippen molar-refractivity contribution in [2.45, 2.75) is 6.42 Å². The standard InChI is InChI=1S/C10H12Br2N2O3/c1-16-8-4-7(12)9(5-6(8)11)17-3-2-10(15)14-13/h4-5H,2-3,13H2,1H3,(H,14,15). The molecule has 0 spiro atoms. The maximum Gasteiger partial charge on any atom is 0.237 e. The number of nitrogens with two attached hydrogens (primary N) is 1. The predicted molar refractivity (Wildman–Crippen MR) is 70.8 cm³/mol. The maximum absolute atomic E-state index is 10.9. The average molecular weight is 368 g/mol. The van der Waals surface area contributed by atoms with Crippen molar-refractivity contribution in [3.63, 3.8) is 0 Å². The van der Waals surface area contributed by atoms with Gasteiger partial charge in [-0.2, -0.15) is 0 Å². The number of carbonyl (C=O) groups excluding carboxylic acids is 1. The highest BCUT2D eigenvalue weighted by atomic mass is 79.9. The summed E-state index contributed by atoms with van der Waals surface area (Å²) >= 11 is 6.71. The molecule has 1 aromatic rings. The lowest BCUT2D eigenvalue weighted by Gasteiger charge is -2.10. The van der Waals surface area contributed by atoms with Gasteiger partial charge in [-0.05, 0) is 44.0 Å². The molecule has 1 aromatic carbocycles. The Balaban J connectivity index is 2.65. The Kier molecular flexibility index (Phi) is 5.73. The SMILES string of the molecule is COc1cc(Br)c(OCCC(=O)NN)cc1Br. The van der Waals surface area contributed by atoms with Crippen molar-refractivity contribution in [1.29, 1.82) is 0 Å². The molecule has 0 saturated heterocycles. The summed E-state index contributed by atoms with van der Waals surface area (Å²) in [4.78, 5) is 10.9. The van der Waals surface area contributed by atoms with E-state index in [0.29, 0.717) is 11.5 Å². The first-order chi connectivity index (χ1) is 8.08. The third-order valence-electron chi connectivity index (χ3n) is 1.95. The Bertz CT molecular complexity index is 413. The second-order valence-corrected chi connectivity index (χ2v) is 4.79. The van der Waals surface area contributed by atoms with Crippen molar-refractivity contribution < 1.29 is 14.3 Å². The molecule has 0 radical (unpaired) electrons. The van der Waals surface area contributed by atoms with Gasteiger partial charge in [-0.15, -0.1) is 0 Å². The van der Waals surface area contributed by atoms with Crippen molar-refractivity contribution >= 4 is 37.8 Å². The van der Waals surface area contributed by atoms with Crippen LogP contribution in [-0.4, -0.2) is 19.6 Å². The van der Waals surface area contributed by atoms with Crippen LogP contribution in [0.25, 0.3) is 0 Å². The van der Waals surface area contributed by atoms with E-state index in [-0.39, 0.29) is 18.9 Å². The predicted octanol–water partition coefficient (Wildman–Crippen LogP) is 1.98. The summed E-state index contributed by atoms with van der Waals surface area (Å²) < 4.78 is 12.1. The number of hydrazine groups is 1. The number of benzene rings is 1. The van der Waals surface area contributed by atoms with Gasteiger partial charge in [0.1, 0.15) is 11.5 Å². The highest BCUT2D eigenvalue weighted by Crippen LogP contribution is 2.35. The second kappa shape index (κ2) is 6.83. The maximum atomic E-state index is 10.9. The zero-order chi connectivity index (χ0) is 12.8. The van der Waals surface area contributed by atoms with E-state index in [2.05, 4.69) is 31.9 Å². The van der Waals surface area contributed by atoms with E-state index in [1.165, 1.54) is 0 Å². The fourth-order valence-corrected chi connectivity index (χ4v) is 2.02. The second-order valence-electron chi connectivity index (χ2n) is 3.08. The molecule has 0 bridgehead atoms. The van der Waals surface area contributed by atoms with Gasteiger partial charge in [0, 0.05) is 0 Å². The molecule has 0 aromatic heterocycles. The van der Waals surface area contributed by atoms with Gasteiger partial charge in [0.25, 0.3) is 0 Å². The molecule has 0 aliphatic heterocycles. The number of carbonyl (C=O) groups is 1. The zero-order valence-electron chi connectivity index (χ0n) is 9.13. The molecule has 3 N–H and O–H groups in total. The summed E-state index contributed by atoms with van der Waals surface area (Å²) in [5.74, 6) is 6.01. The first-order valence-corrected chi connectivity index (χ1v) is 6.32. The van der Waals surface area contributed by atoms with Gasteiger partial charge in [0.05, 0.1) is 29.1 Å². The minimum absolute atomic E-state index is 0.201. The zero-order valence-corrected chi connectivity index (χ0v) is 12.3. The van der Waals surface area contributed by atoms with Gasteiger partial charge in [0.15, 0.2) is 0 Å². The van der Waals surface area contributed by atoms with Gasteiger partial charge in [-0.25, -0.2) is 5.84 Å². The molecule has 7 heteroatoms. The van der Waals surface area contributed by atoms with Gasteiger partial charge >= 0.3 is 0 Å². The lowest BCUT2D eigenvalue weighted by Crippen LogP contribution is -2.31. The highest BCUT2D eigenvalue weighted by Gasteiger charge is 2.08. The van der Waals surface area contributed by atoms with Crippen LogP contribution in [0.3, 0.4) is 0 Å². The summed E-state index contributed by atoms with van der Waals surface area (Å²) in [6, 6.07) is 3.55. The summed E-state index contributed by atoms with van der Waals surface area (Å²) in [7, 11) is 1.58. The summed E-state index contributed by atoms with van der Waals surface area (Å²) in [5.41, 5.74) is 2.04. The van der Waals surface area contributed by atoms with E-state index in [0.717, 1.165) is 8.95 Å². The number of nitrogens with one attached hydrogen (secondary N) is 1. The fraction of sp³-hybridized carbons (Fsp3) is 0.300. The van der Waals surface area contributed by atoms with Crippen LogP contribution < -0.4 is 20.7 Å². The van der Waals surface area contributed by atoms with E-state index in [1.807, 2.05) is 5.43 Å². The fourth-order valence-electron chi connectivity index (χ4n) is 1.10. The third kappa shape index (κ3) is 4.18. The number of hydrogen-bond acceptors (Lipinski definition) is 4. The first kappa shape index (κ1) is 14.3. The van der Waals surface area contributed by atoms with Crippen molar-refractivity contribution in [2.24, 2.45) is 5.84 Å². The van der Waals surface area contributed by atoms with E-state index in [9.17, 15) is 4.79 Å². The van der Waals surface area contributed by atoms with E-state index in [1.54, 1.807) is 19.2 Å². The van der Waals surface area contributed by atoms with Crippen LogP contribution in [0.1, 0.15) is 6.42 Å². The Morgan fingerprint density at radius 1 is 1.35 bits per heavy atom. The van der Waals surface area contributed by atoms with Crippen LogP contribution in [-0.2, 0) is 4.79 Å². The largest absolute Gasteiger partial charge is 0.496 e. The molecular weight excluding hydrogens is 356 g/mol. The molecule has 0 aliphatic rings. The molecular formula is C10H12Br2N2O3. The van der Waals surface area contributed by atoms with Gasteiger partial charge < -0.3 is 9.47 Å². The Morgan fingerprint density at radius 2 is 1.94 bits per heavy atom. The molecule has 94 valence electrons. The van der Waals surface area contributed by atoms with E-state index in [4.69, 9.17) is 15.3 Å². The van der Waals surface area contributed by atoms with Crippen LogP contribution in [0.15, 0.2) is 21.1 Å². The van der Waals surface area contributed by atoms with Crippen LogP contribution in [0, 0.1) is 0 Å². The van der Waals surface area contributed by atoms with Crippen LogP contribution in [0.2, 0.25) is 0 Å². The molecule has 5 nitrogen and oxygen atoms in total. The molecule has 0 unspecified atom stereocenters. The number of rotatable bonds is 5. The number of ether oxygens (including phenoxy) is 2. The third-order valence-corrected chi connectivity index (χ3v) is 3.19. The normalized spacial score (nSPS) is 9.88. The minimum Gasteiger partial charge on any atom is -0.496 e. The Labute approximate surface area is 116 Å². The van der Waals surface area contributed by atoms with Gasteiger partial charge in [-0.3, -0.25) is 10.2 Å². The topological polar surface area (TPSA) is 73.6 Å². The van der Waals surface area contributed by atoms with Crippen molar-refractivity contribution in [3.05, 3.63) is 21.1 Å². The molecule has 1 amide bonds. The summed E-state index contributed by atoms with van der Waals surface area (Å²) in [6.07, 6.45) is 0.201. The van der Waals surface area contributed by atoms with Crippen molar-refractivity contribution in [2.75, 3.05) is 13.7 Å². The molecule has 0 atom stereocenters. The molecule has 0 aliphatic carbocycles. The highest BCUT2D eigenvalue weighted by molar-refractivity contribution is 9.11. The number of amides is 1. The van der Waals surface area contributed by atoms with Crippen molar-refractivity contribution in [1.82, 2.24) is 5.43 Å². The molecule has 0 fully saturated rings. The molecule has 0 heterocycles. The number of methoxy groups -OCH3 is 1. The lowest BCUT2D eigenvalue weighted by molar-refractivity contribution is -0.121. The Hall–Kier alpha value is -0.790. The molecule has 17 heavy (non-hydrogen) atoms. The van der Waals surface area contributed by atoms with E-state index >= 15 is 0 Å². The first-order valence-electron chi connectivity index (χ1n) is 4.73. The lowest BCUT2D eigenvalue weighted by atomic mass is 10.3. The average Bonchev–Trinajstić information content (AvgIpc) is 2.32. The smallest absolute Gasteiger partial charge is 0.237 e. The molecule has 1 rings (SSSR count). The Morgan fingerprint density at radius 3 is 2.53 bits per heavy atom. The summed E-state index contributed by atoms with van der Waals surface area (Å²) in [6.45, 7) is 0.250. The number of hydrogen-bond donors (Lipinski definition) is 2. The quantitative estimate of drug-likeness (QED) is 0.474. The minimum atomic E-state index is -0.270. The van der Waals surface area contributed by atoms with Gasteiger partial charge in [0.2, 0.25) is 5.91 Å². The number of halogens is 2.